The van der Waals surface area contributed by atoms with Crippen molar-refractivity contribution in [3.05, 3.63) is 65.4 Å². The lowest BCUT2D eigenvalue weighted by Crippen LogP contribution is -2.11. The molecule has 2 heterocycles. The Hall–Kier alpha value is -2.22. The highest BCUT2D eigenvalue weighted by molar-refractivity contribution is 7.91. The molecule has 0 radical (unpaired) electrons. The largest absolute Gasteiger partial charge is 0.314 e. The van der Waals surface area contributed by atoms with Gasteiger partial charge in [0.25, 0.3) is 0 Å². The number of para-hydroxylation sites is 1. The van der Waals surface area contributed by atoms with Crippen molar-refractivity contribution in [3.8, 4) is 5.69 Å². The van der Waals surface area contributed by atoms with Gasteiger partial charge in [0.1, 0.15) is 0 Å². The molecule has 0 saturated heterocycles. The molecule has 1 aromatic carbocycles. The second-order valence-corrected chi connectivity index (χ2v) is 7.29. The highest BCUT2D eigenvalue weighted by atomic mass is 35.5. The third-order valence-corrected chi connectivity index (χ3v) is 5.31. The molecule has 0 unspecified atom stereocenters. The van der Waals surface area contributed by atoms with Crippen LogP contribution in [0, 0.1) is 0 Å². The molecule has 124 valence electrons. The van der Waals surface area contributed by atoms with Crippen molar-refractivity contribution in [1.82, 2.24) is 20.1 Å². The van der Waals surface area contributed by atoms with Crippen LogP contribution in [-0.2, 0) is 16.4 Å². The van der Waals surface area contributed by atoms with Crippen LogP contribution in [0.15, 0.2) is 64.8 Å². The van der Waals surface area contributed by atoms with Crippen LogP contribution in [0.2, 0.25) is 5.02 Å². The molecule has 6 nitrogen and oxygen atoms in total. The molecule has 0 atom stereocenters. The first-order chi connectivity index (χ1) is 11.5. The monoisotopic (exact) mass is 362 g/mol. The summed E-state index contributed by atoms with van der Waals surface area (Å²) >= 11 is 6.23. The lowest BCUT2D eigenvalue weighted by atomic mass is 10.3. The Morgan fingerprint density at radius 1 is 1.17 bits per heavy atom. The summed E-state index contributed by atoms with van der Waals surface area (Å²) in [6.45, 7) is 0.433. The maximum atomic E-state index is 13.0. The number of sulfone groups is 1. The van der Waals surface area contributed by atoms with Gasteiger partial charge in [-0.15, -0.1) is 0 Å². The summed E-state index contributed by atoms with van der Waals surface area (Å²) in [5.41, 5.74) is 1.09. The van der Waals surface area contributed by atoms with Gasteiger partial charge in [-0.25, -0.2) is 18.1 Å². The summed E-state index contributed by atoms with van der Waals surface area (Å²) in [5, 5.41) is 7.75. The molecular weight excluding hydrogens is 348 g/mol. The van der Waals surface area contributed by atoms with E-state index in [9.17, 15) is 8.42 Å². The summed E-state index contributed by atoms with van der Waals surface area (Å²) in [6, 6.07) is 13.2. The van der Waals surface area contributed by atoms with E-state index in [1.165, 1.54) is 23.0 Å². The Bertz CT molecular complexity index is 955. The topological polar surface area (TPSA) is 76.9 Å². The van der Waals surface area contributed by atoms with Gasteiger partial charge < -0.3 is 5.32 Å². The summed E-state index contributed by atoms with van der Waals surface area (Å²) < 4.78 is 27.3. The van der Waals surface area contributed by atoms with Gasteiger partial charge in [-0.05, 0) is 31.3 Å². The third-order valence-electron chi connectivity index (χ3n) is 3.35. The van der Waals surface area contributed by atoms with E-state index in [-0.39, 0.29) is 10.1 Å². The van der Waals surface area contributed by atoms with Crippen LogP contribution < -0.4 is 5.32 Å². The zero-order valence-electron chi connectivity index (χ0n) is 12.8. The molecule has 8 heteroatoms. The number of nitrogens with zero attached hydrogens (tertiary/aromatic N) is 3. The van der Waals surface area contributed by atoms with Gasteiger partial charge in [0, 0.05) is 18.8 Å². The molecule has 3 rings (SSSR count). The van der Waals surface area contributed by atoms with Crippen LogP contribution >= 0.6 is 11.6 Å². The number of rotatable bonds is 5. The van der Waals surface area contributed by atoms with Gasteiger partial charge in [0.2, 0.25) is 9.84 Å². The summed E-state index contributed by atoms with van der Waals surface area (Å²) in [4.78, 5) is 3.96. The third kappa shape index (κ3) is 3.06. The molecule has 2 aromatic heterocycles. The van der Waals surface area contributed by atoms with Crippen LogP contribution in [0.1, 0.15) is 5.69 Å². The maximum absolute atomic E-state index is 13.0. The minimum atomic E-state index is -3.83. The number of benzene rings is 1. The molecule has 0 bridgehead atoms. The number of pyridine rings is 1. The number of aromatic nitrogens is 3. The fourth-order valence-electron chi connectivity index (χ4n) is 2.28. The zero-order chi connectivity index (χ0) is 17.2. The van der Waals surface area contributed by atoms with Crippen molar-refractivity contribution < 1.29 is 8.42 Å². The predicted molar refractivity (Wildman–Crippen MR) is 91.0 cm³/mol. The van der Waals surface area contributed by atoms with Crippen molar-refractivity contribution in [3.63, 3.8) is 0 Å². The molecular formula is C16H15ClN4O2S. The molecule has 0 saturated carbocycles. The van der Waals surface area contributed by atoms with Crippen LogP contribution in [0.25, 0.3) is 5.69 Å². The van der Waals surface area contributed by atoms with Crippen LogP contribution in [-0.4, -0.2) is 30.2 Å². The minimum Gasteiger partial charge on any atom is -0.314 e. The van der Waals surface area contributed by atoms with Crippen LogP contribution in [0.4, 0.5) is 0 Å². The normalized spacial score (nSPS) is 11.6. The van der Waals surface area contributed by atoms with E-state index in [4.69, 9.17) is 11.6 Å². The molecule has 1 N–H and O–H groups in total. The van der Waals surface area contributed by atoms with Crippen LogP contribution in [0.3, 0.4) is 0 Å². The Morgan fingerprint density at radius 2 is 1.92 bits per heavy atom. The Kier molecular flexibility index (Phi) is 4.66. The Morgan fingerprint density at radius 3 is 2.58 bits per heavy atom. The number of hydrogen-bond donors (Lipinski definition) is 1. The van der Waals surface area contributed by atoms with Crippen molar-refractivity contribution in [2.75, 3.05) is 7.05 Å². The quantitative estimate of drug-likeness (QED) is 0.754. The summed E-state index contributed by atoms with van der Waals surface area (Å²) in [6.07, 6.45) is 1.44. The molecule has 24 heavy (non-hydrogen) atoms. The highest BCUT2D eigenvalue weighted by Gasteiger charge is 2.26. The van der Waals surface area contributed by atoms with E-state index < -0.39 is 9.84 Å². The lowest BCUT2D eigenvalue weighted by Gasteiger charge is -2.09. The molecule has 0 amide bonds. The fraction of sp³-hybridized carbons (Fsp3) is 0.125. The van der Waals surface area contributed by atoms with E-state index in [0.717, 1.165) is 0 Å². The standard InChI is InChI=1S/C16H15ClN4O2S/c1-18-11-12-10-16(24(22,23)15-8-4-5-9-19-15)21(20-12)14-7-3-2-6-13(14)17/h2-10,18H,11H2,1H3. The van der Waals surface area contributed by atoms with Gasteiger partial charge in [0.15, 0.2) is 10.1 Å². The average Bonchev–Trinajstić information content (AvgIpc) is 3.01. The second-order valence-electron chi connectivity index (χ2n) is 5.04. The number of hydrogen-bond acceptors (Lipinski definition) is 5. The average molecular weight is 363 g/mol. The van der Waals surface area contributed by atoms with Crippen molar-refractivity contribution >= 4 is 21.4 Å². The van der Waals surface area contributed by atoms with Crippen molar-refractivity contribution in [2.24, 2.45) is 0 Å². The second kappa shape index (κ2) is 6.72. The molecule has 3 aromatic rings. The fourth-order valence-corrected chi connectivity index (χ4v) is 3.82. The van der Waals surface area contributed by atoms with Crippen LogP contribution in [0.5, 0.6) is 0 Å². The predicted octanol–water partition coefficient (Wildman–Crippen LogP) is 2.47. The number of halogens is 1. The van der Waals surface area contributed by atoms with Gasteiger partial charge in [-0.2, -0.15) is 5.10 Å². The summed E-state index contributed by atoms with van der Waals surface area (Å²) in [5.74, 6) is 0. The maximum Gasteiger partial charge on any atom is 0.241 e. The highest BCUT2D eigenvalue weighted by Crippen LogP contribution is 2.27. The smallest absolute Gasteiger partial charge is 0.241 e. The Labute approximate surface area is 145 Å². The molecule has 0 spiro atoms. The van der Waals surface area contributed by atoms with Gasteiger partial charge >= 0.3 is 0 Å². The van der Waals surface area contributed by atoms with Gasteiger partial charge in [0.05, 0.1) is 16.4 Å². The molecule has 0 fully saturated rings. The molecule has 0 aliphatic heterocycles. The molecule has 0 aliphatic rings. The van der Waals surface area contributed by atoms with E-state index in [1.54, 1.807) is 43.4 Å². The molecule has 0 aliphatic carbocycles. The first-order valence-corrected chi connectivity index (χ1v) is 9.04. The van der Waals surface area contributed by atoms with E-state index in [0.29, 0.717) is 22.9 Å². The first-order valence-electron chi connectivity index (χ1n) is 7.18. The summed E-state index contributed by atoms with van der Waals surface area (Å²) in [7, 11) is -2.06. The van der Waals surface area contributed by atoms with E-state index >= 15 is 0 Å². The lowest BCUT2D eigenvalue weighted by molar-refractivity contribution is 0.582. The van der Waals surface area contributed by atoms with E-state index in [2.05, 4.69) is 15.4 Å². The number of nitrogens with one attached hydrogen (secondary N) is 1. The minimum absolute atomic E-state index is 0.0274. The Balaban J connectivity index is 2.23. The zero-order valence-corrected chi connectivity index (χ0v) is 14.4. The SMILES string of the molecule is CNCc1cc(S(=O)(=O)c2ccccn2)n(-c2ccccc2Cl)n1. The van der Waals surface area contributed by atoms with Crippen molar-refractivity contribution in [1.29, 1.82) is 0 Å². The van der Waals surface area contributed by atoms with Crippen molar-refractivity contribution in [2.45, 2.75) is 16.6 Å². The first kappa shape index (κ1) is 16.6. The van der Waals surface area contributed by atoms with E-state index in [1.807, 2.05) is 0 Å². The van der Waals surface area contributed by atoms with Gasteiger partial charge in [-0.3, -0.25) is 0 Å². The van der Waals surface area contributed by atoms with Gasteiger partial charge in [-0.1, -0.05) is 29.8 Å².